The van der Waals surface area contributed by atoms with E-state index in [1.165, 1.54) is 15.3 Å². The van der Waals surface area contributed by atoms with Crippen molar-refractivity contribution in [1.29, 1.82) is 0 Å². The minimum absolute atomic E-state index is 0.0948. The van der Waals surface area contributed by atoms with Crippen LogP contribution in [0.2, 0.25) is 0 Å². The number of pyridine rings is 1. The lowest BCUT2D eigenvalue weighted by Crippen LogP contribution is -2.21. The molecule has 0 fully saturated rings. The van der Waals surface area contributed by atoms with Crippen LogP contribution in [-0.4, -0.2) is 43.0 Å². The number of hydrogen-bond donors (Lipinski definition) is 1. The minimum atomic E-state index is -0.213. The summed E-state index contributed by atoms with van der Waals surface area (Å²) in [6, 6.07) is 1.76. The van der Waals surface area contributed by atoms with Crippen LogP contribution in [0.1, 0.15) is 5.82 Å². The summed E-state index contributed by atoms with van der Waals surface area (Å²) < 4.78 is 7.94. The molecule has 3 heterocycles. The zero-order valence-electron chi connectivity index (χ0n) is 10.9. The average molecular weight is 275 g/mol. The fourth-order valence-corrected chi connectivity index (χ4v) is 2.08. The van der Waals surface area contributed by atoms with Gasteiger partial charge >= 0.3 is 0 Å². The Morgan fingerprint density at radius 1 is 1.45 bits per heavy atom. The van der Waals surface area contributed by atoms with E-state index in [4.69, 9.17) is 9.84 Å². The first-order valence-electron chi connectivity index (χ1n) is 6.08. The van der Waals surface area contributed by atoms with Crippen molar-refractivity contribution >= 4 is 16.7 Å². The summed E-state index contributed by atoms with van der Waals surface area (Å²) in [5.41, 5.74) is 0.416. The maximum Gasteiger partial charge on any atom is 0.261 e. The van der Waals surface area contributed by atoms with E-state index in [1.807, 2.05) is 0 Å². The molecule has 3 rings (SSSR count). The fourth-order valence-electron chi connectivity index (χ4n) is 2.08. The van der Waals surface area contributed by atoms with Gasteiger partial charge in [0.2, 0.25) is 0 Å². The van der Waals surface area contributed by atoms with Crippen LogP contribution in [0.5, 0.6) is 0 Å². The standard InChI is InChI=1S/C12H13N5O3/c1-20-7-10-14-12-13-6-8-9(17(12)15-10)2-3-16(4-5-18)11(8)19/h2-3,6,18H,4-5,7H2,1H3. The van der Waals surface area contributed by atoms with Crippen LogP contribution in [0.15, 0.2) is 23.3 Å². The van der Waals surface area contributed by atoms with E-state index >= 15 is 0 Å². The first-order valence-corrected chi connectivity index (χ1v) is 6.08. The monoisotopic (exact) mass is 275 g/mol. The first kappa shape index (κ1) is 12.7. The molecule has 0 aliphatic carbocycles. The highest BCUT2D eigenvalue weighted by Crippen LogP contribution is 2.10. The molecule has 0 radical (unpaired) electrons. The van der Waals surface area contributed by atoms with Crippen LogP contribution < -0.4 is 5.56 Å². The van der Waals surface area contributed by atoms with Gasteiger partial charge in [0.25, 0.3) is 11.3 Å². The van der Waals surface area contributed by atoms with E-state index in [0.717, 1.165) is 0 Å². The Balaban J connectivity index is 2.26. The third-order valence-electron chi connectivity index (χ3n) is 2.97. The van der Waals surface area contributed by atoms with Gasteiger partial charge in [0.1, 0.15) is 6.61 Å². The molecular formula is C12H13N5O3. The van der Waals surface area contributed by atoms with Gasteiger partial charge in [0.15, 0.2) is 5.82 Å². The number of aromatic nitrogens is 5. The number of ether oxygens (including phenoxy) is 1. The summed E-state index contributed by atoms with van der Waals surface area (Å²) in [6.45, 7) is 0.438. The maximum atomic E-state index is 12.2. The lowest BCUT2D eigenvalue weighted by atomic mass is 10.3. The first-order chi connectivity index (χ1) is 9.74. The minimum Gasteiger partial charge on any atom is -0.395 e. The predicted octanol–water partition coefficient (Wildman–Crippen LogP) is -0.422. The van der Waals surface area contributed by atoms with Gasteiger partial charge in [-0.1, -0.05) is 0 Å². The zero-order chi connectivity index (χ0) is 14.1. The zero-order valence-corrected chi connectivity index (χ0v) is 10.9. The second kappa shape index (κ2) is 4.99. The molecule has 0 aliphatic rings. The molecule has 0 saturated carbocycles. The Hall–Kier alpha value is -2.32. The second-order valence-corrected chi connectivity index (χ2v) is 4.27. The summed E-state index contributed by atoms with van der Waals surface area (Å²) in [4.78, 5) is 20.6. The van der Waals surface area contributed by atoms with Crippen LogP contribution in [0.3, 0.4) is 0 Å². The molecule has 0 saturated heterocycles. The average Bonchev–Trinajstić information content (AvgIpc) is 2.85. The Labute approximate surface area is 113 Å². The molecule has 104 valence electrons. The van der Waals surface area contributed by atoms with Crippen LogP contribution in [0, 0.1) is 0 Å². The van der Waals surface area contributed by atoms with Gasteiger partial charge in [-0.15, -0.1) is 5.10 Å². The van der Waals surface area contributed by atoms with Crippen molar-refractivity contribution in [3.05, 3.63) is 34.6 Å². The van der Waals surface area contributed by atoms with Gasteiger partial charge in [0, 0.05) is 26.0 Å². The van der Waals surface area contributed by atoms with E-state index in [9.17, 15) is 4.79 Å². The van der Waals surface area contributed by atoms with E-state index in [-0.39, 0.29) is 25.3 Å². The van der Waals surface area contributed by atoms with Gasteiger partial charge < -0.3 is 14.4 Å². The molecule has 3 aromatic heterocycles. The Morgan fingerprint density at radius 2 is 2.30 bits per heavy atom. The van der Waals surface area contributed by atoms with E-state index in [2.05, 4.69) is 15.1 Å². The predicted molar refractivity (Wildman–Crippen MR) is 70.3 cm³/mol. The fraction of sp³-hybridized carbons (Fsp3) is 0.333. The lowest BCUT2D eigenvalue weighted by Gasteiger charge is -2.05. The molecule has 8 nitrogen and oxygen atoms in total. The highest BCUT2D eigenvalue weighted by atomic mass is 16.5. The number of hydrogen-bond acceptors (Lipinski definition) is 6. The van der Waals surface area contributed by atoms with Crippen LogP contribution in [-0.2, 0) is 17.9 Å². The van der Waals surface area contributed by atoms with Gasteiger partial charge in [0.05, 0.1) is 17.5 Å². The molecule has 8 heteroatoms. The van der Waals surface area contributed by atoms with Crippen LogP contribution in [0.25, 0.3) is 16.7 Å². The van der Waals surface area contributed by atoms with Crippen molar-refractivity contribution in [3.8, 4) is 0 Å². The molecule has 20 heavy (non-hydrogen) atoms. The second-order valence-electron chi connectivity index (χ2n) is 4.27. The Kier molecular flexibility index (Phi) is 3.17. The highest BCUT2D eigenvalue weighted by molar-refractivity contribution is 5.78. The summed E-state index contributed by atoms with van der Waals surface area (Å²) in [5, 5.41) is 13.6. The molecule has 1 N–H and O–H groups in total. The molecule has 0 unspecified atom stereocenters. The molecule has 0 bridgehead atoms. The number of nitrogens with zero attached hydrogens (tertiary/aromatic N) is 5. The van der Waals surface area contributed by atoms with Crippen LogP contribution >= 0.6 is 0 Å². The maximum absolute atomic E-state index is 12.2. The van der Waals surface area contributed by atoms with E-state index in [1.54, 1.807) is 19.4 Å². The summed E-state index contributed by atoms with van der Waals surface area (Å²) in [5.74, 6) is 0.927. The van der Waals surface area contributed by atoms with Gasteiger partial charge in [-0.05, 0) is 6.07 Å². The number of aliphatic hydroxyl groups excluding tert-OH is 1. The van der Waals surface area contributed by atoms with Gasteiger partial charge in [-0.3, -0.25) is 4.79 Å². The topological polar surface area (TPSA) is 94.5 Å². The van der Waals surface area contributed by atoms with Gasteiger partial charge in [-0.25, -0.2) is 4.98 Å². The smallest absolute Gasteiger partial charge is 0.261 e. The normalized spacial score (nSPS) is 11.5. The Morgan fingerprint density at radius 3 is 3.05 bits per heavy atom. The van der Waals surface area contributed by atoms with Gasteiger partial charge in [-0.2, -0.15) is 9.50 Å². The molecule has 3 aromatic rings. The Bertz CT molecular complexity index is 823. The van der Waals surface area contributed by atoms with Crippen molar-refractivity contribution in [2.24, 2.45) is 0 Å². The lowest BCUT2D eigenvalue weighted by molar-refractivity contribution is 0.178. The third-order valence-corrected chi connectivity index (χ3v) is 2.97. The largest absolute Gasteiger partial charge is 0.395 e. The number of rotatable bonds is 4. The summed E-state index contributed by atoms with van der Waals surface area (Å²) in [6.07, 6.45) is 3.10. The number of aliphatic hydroxyl groups is 1. The molecule has 0 atom stereocenters. The molecule has 0 amide bonds. The van der Waals surface area contributed by atoms with Crippen molar-refractivity contribution in [1.82, 2.24) is 24.1 Å². The molecular weight excluding hydrogens is 262 g/mol. The van der Waals surface area contributed by atoms with E-state index in [0.29, 0.717) is 22.5 Å². The van der Waals surface area contributed by atoms with Crippen molar-refractivity contribution in [3.63, 3.8) is 0 Å². The highest BCUT2D eigenvalue weighted by Gasteiger charge is 2.10. The van der Waals surface area contributed by atoms with Crippen molar-refractivity contribution < 1.29 is 9.84 Å². The van der Waals surface area contributed by atoms with E-state index < -0.39 is 0 Å². The molecule has 0 spiro atoms. The molecule has 0 aromatic carbocycles. The summed E-state index contributed by atoms with van der Waals surface area (Å²) in [7, 11) is 1.56. The number of fused-ring (bicyclic) bond motifs is 3. The quantitative estimate of drug-likeness (QED) is 0.695. The SMILES string of the molecule is COCc1nc2ncc3c(=O)n(CCO)ccc3n2n1. The van der Waals surface area contributed by atoms with Crippen molar-refractivity contribution in [2.75, 3.05) is 13.7 Å². The molecule has 0 aliphatic heterocycles. The third kappa shape index (κ3) is 1.95. The van der Waals surface area contributed by atoms with Crippen molar-refractivity contribution in [2.45, 2.75) is 13.2 Å². The summed E-state index contributed by atoms with van der Waals surface area (Å²) >= 11 is 0. The number of methoxy groups -OCH3 is 1. The van der Waals surface area contributed by atoms with Crippen LogP contribution in [0.4, 0.5) is 0 Å².